The van der Waals surface area contributed by atoms with E-state index in [-0.39, 0.29) is 17.6 Å². The highest BCUT2D eigenvalue weighted by molar-refractivity contribution is 6.02. The molecule has 0 saturated heterocycles. The van der Waals surface area contributed by atoms with E-state index in [1.54, 1.807) is 12.3 Å². The average Bonchev–Trinajstić information content (AvgIpc) is 2.61. The van der Waals surface area contributed by atoms with Crippen molar-refractivity contribution < 1.29 is 24.9 Å². The molecule has 2 aromatic heterocycles. The number of aliphatic carboxylic acids is 1. The summed E-state index contributed by atoms with van der Waals surface area (Å²) >= 11 is 0. The molecule has 0 atom stereocenters. The van der Waals surface area contributed by atoms with E-state index in [1.165, 1.54) is 7.05 Å². The van der Waals surface area contributed by atoms with Crippen molar-refractivity contribution in [2.24, 2.45) is 7.05 Å². The summed E-state index contributed by atoms with van der Waals surface area (Å²) in [4.78, 5) is 39.3. The van der Waals surface area contributed by atoms with Crippen molar-refractivity contribution >= 4 is 22.9 Å². The van der Waals surface area contributed by atoms with Gasteiger partial charge in [0.1, 0.15) is 23.5 Å². The Morgan fingerprint density at radius 3 is 2.65 bits per heavy atom. The Morgan fingerprint density at radius 1 is 1.27 bits per heavy atom. The molecule has 9 heteroatoms. The Labute approximate surface area is 148 Å². The van der Waals surface area contributed by atoms with Gasteiger partial charge < -0.3 is 20.6 Å². The number of pyridine rings is 2. The summed E-state index contributed by atoms with van der Waals surface area (Å²) in [6.07, 6.45) is 4.65. The summed E-state index contributed by atoms with van der Waals surface area (Å²) in [5.41, 5.74) is -0.232. The van der Waals surface area contributed by atoms with Crippen LogP contribution in [0.2, 0.25) is 0 Å². The summed E-state index contributed by atoms with van der Waals surface area (Å²) in [7, 11) is 1.42. The van der Waals surface area contributed by atoms with Gasteiger partial charge in [0.15, 0.2) is 0 Å². The van der Waals surface area contributed by atoms with Gasteiger partial charge in [0.05, 0.1) is 5.39 Å². The Morgan fingerprint density at radius 2 is 2.00 bits per heavy atom. The van der Waals surface area contributed by atoms with Gasteiger partial charge in [-0.2, -0.15) is 0 Å². The second kappa shape index (κ2) is 8.43. The van der Waals surface area contributed by atoms with Crippen molar-refractivity contribution in [3.05, 3.63) is 33.7 Å². The molecule has 140 valence electrons. The number of aromatic hydroxyl groups is 1. The molecule has 0 aliphatic carbocycles. The number of hydrogen-bond acceptors (Lipinski definition) is 6. The fourth-order valence-corrected chi connectivity index (χ4v) is 2.65. The molecule has 2 heterocycles. The third-order valence-electron chi connectivity index (χ3n) is 4.00. The van der Waals surface area contributed by atoms with Gasteiger partial charge in [-0.05, 0) is 30.9 Å². The van der Waals surface area contributed by atoms with E-state index < -0.39 is 35.3 Å². The lowest BCUT2D eigenvalue weighted by molar-refractivity contribution is -0.135. The minimum absolute atomic E-state index is 0.133. The molecule has 0 bridgehead atoms. The van der Waals surface area contributed by atoms with Crippen LogP contribution in [0.5, 0.6) is 5.75 Å². The number of hydrogen-bond donors (Lipinski definition) is 4. The molecule has 0 unspecified atom stereocenters. The first-order chi connectivity index (χ1) is 12.4. The van der Waals surface area contributed by atoms with Crippen LogP contribution < -0.4 is 10.9 Å². The number of aliphatic hydroxyl groups excluding tert-OH is 1. The highest BCUT2D eigenvalue weighted by Gasteiger charge is 2.22. The first-order valence-electron chi connectivity index (χ1n) is 8.18. The summed E-state index contributed by atoms with van der Waals surface area (Å²) in [5.74, 6) is -2.74. The summed E-state index contributed by atoms with van der Waals surface area (Å²) in [5, 5.41) is 30.2. The maximum atomic E-state index is 12.3. The number of aromatic nitrogens is 2. The number of aryl methyl sites for hydroxylation is 2. The number of carbonyl (C=O) groups excluding carboxylic acids is 1. The van der Waals surface area contributed by atoms with Gasteiger partial charge in [0, 0.05) is 19.9 Å². The molecule has 4 N–H and O–H groups in total. The third-order valence-corrected chi connectivity index (χ3v) is 4.00. The van der Waals surface area contributed by atoms with Gasteiger partial charge in [-0.1, -0.05) is 6.42 Å². The maximum Gasteiger partial charge on any atom is 0.322 e. The fraction of sp³-hybridized carbons (Fsp3) is 0.412. The normalized spacial score (nSPS) is 10.8. The highest BCUT2D eigenvalue weighted by Crippen LogP contribution is 2.26. The standard InChI is InChI=1S/C17H21N3O6/c1-20-15-11(7-10(8-18-15)5-3-2-4-6-21)14(24)13(17(20)26)16(25)19-9-12(22)23/h7-8,21,24H,2-6,9H2,1H3,(H,19,25)(H,22,23). The zero-order valence-electron chi connectivity index (χ0n) is 14.4. The van der Waals surface area contributed by atoms with Crippen molar-refractivity contribution in [1.29, 1.82) is 0 Å². The molecule has 0 saturated carbocycles. The molecule has 0 fully saturated rings. The number of fused-ring (bicyclic) bond motifs is 1. The number of aliphatic hydroxyl groups is 1. The van der Waals surface area contributed by atoms with E-state index in [4.69, 9.17) is 10.2 Å². The second-order valence-electron chi connectivity index (χ2n) is 5.91. The molecule has 0 aromatic carbocycles. The van der Waals surface area contributed by atoms with Crippen molar-refractivity contribution in [2.75, 3.05) is 13.2 Å². The lowest BCUT2D eigenvalue weighted by Crippen LogP contribution is -2.35. The minimum atomic E-state index is -1.26. The first kappa shape index (κ1) is 19.4. The van der Waals surface area contributed by atoms with E-state index in [1.807, 2.05) is 0 Å². The maximum absolute atomic E-state index is 12.3. The highest BCUT2D eigenvalue weighted by atomic mass is 16.4. The van der Waals surface area contributed by atoms with Crippen LogP contribution in [0.4, 0.5) is 0 Å². The van der Waals surface area contributed by atoms with Crippen LogP contribution in [0.3, 0.4) is 0 Å². The smallest absolute Gasteiger partial charge is 0.322 e. The van der Waals surface area contributed by atoms with Crippen LogP contribution in [-0.4, -0.2) is 49.9 Å². The fourth-order valence-electron chi connectivity index (χ4n) is 2.65. The zero-order valence-corrected chi connectivity index (χ0v) is 14.4. The number of rotatable bonds is 8. The second-order valence-corrected chi connectivity index (χ2v) is 5.91. The molecule has 0 radical (unpaired) electrons. The number of carboxylic acids is 1. The summed E-state index contributed by atoms with van der Waals surface area (Å²) in [6, 6.07) is 1.66. The van der Waals surface area contributed by atoms with Crippen molar-refractivity contribution in [3.63, 3.8) is 0 Å². The van der Waals surface area contributed by atoms with E-state index in [9.17, 15) is 19.5 Å². The van der Waals surface area contributed by atoms with Crippen LogP contribution in [0.15, 0.2) is 17.1 Å². The lowest BCUT2D eigenvalue weighted by Gasteiger charge is -2.12. The molecule has 0 aliphatic rings. The number of nitrogens with zero attached hydrogens (tertiary/aromatic N) is 2. The van der Waals surface area contributed by atoms with Gasteiger partial charge >= 0.3 is 5.97 Å². The topological polar surface area (TPSA) is 142 Å². The van der Waals surface area contributed by atoms with Crippen LogP contribution in [0, 0.1) is 0 Å². The molecule has 1 amide bonds. The van der Waals surface area contributed by atoms with Gasteiger partial charge in [-0.25, -0.2) is 4.98 Å². The number of carboxylic acid groups (broad SMARTS) is 1. The molecule has 26 heavy (non-hydrogen) atoms. The largest absolute Gasteiger partial charge is 0.506 e. The Balaban J connectivity index is 2.42. The number of amides is 1. The Hall–Kier alpha value is -2.94. The van der Waals surface area contributed by atoms with E-state index in [2.05, 4.69) is 10.3 Å². The van der Waals surface area contributed by atoms with Crippen molar-refractivity contribution in [2.45, 2.75) is 25.7 Å². The summed E-state index contributed by atoms with van der Waals surface area (Å²) in [6.45, 7) is -0.531. The number of carbonyl (C=O) groups is 2. The molecule has 2 aromatic rings. The quantitative estimate of drug-likeness (QED) is 0.489. The van der Waals surface area contributed by atoms with Crippen LogP contribution in [-0.2, 0) is 18.3 Å². The molecular formula is C17H21N3O6. The lowest BCUT2D eigenvalue weighted by atomic mass is 10.1. The van der Waals surface area contributed by atoms with Gasteiger partial charge in [0.25, 0.3) is 11.5 Å². The monoisotopic (exact) mass is 363 g/mol. The molecule has 0 aliphatic heterocycles. The first-order valence-corrected chi connectivity index (χ1v) is 8.18. The van der Waals surface area contributed by atoms with E-state index >= 15 is 0 Å². The van der Waals surface area contributed by atoms with Crippen LogP contribution in [0.25, 0.3) is 11.0 Å². The summed E-state index contributed by atoms with van der Waals surface area (Å²) < 4.78 is 1.14. The minimum Gasteiger partial charge on any atom is -0.506 e. The van der Waals surface area contributed by atoms with Crippen molar-refractivity contribution in [1.82, 2.24) is 14.9 Å². The van der Waals surface area contributed by atoms with Crippen LogP contribution in [0.1, 0.15) is 35.2 Å². The SMILES string of the molecule is Cn1c(=O)c(C(=O)NCC(=O)O)c(O)c2cc(CCCCCO)cnc21. The van der Waals surface area contributed by atoms with Gasteiger partial charge in [-0.3, -0.25) is 19.0 Å². The van der Waals surface area contributed by atoms with E-state index in [0.29, 0.717) is 12.8 Å². The Kier molecular flexibility index (Phi) is 6.29. The van der Waals surface area contributed by atoms with Crippen molar-refractivity contribution in [3.8, 4) is 5.75 Å². The van der Waals surface area contributed by atoms with Gasteiger partial charge in [0.2, 0.25) is 0 Å². The Bertz CT molecular complexity index is 890. The molecule has 0 spiro atoms. The average molecular weight is 363 g/mol. The predicted octanol–water partition coefficient (Wildman–Crippen LogP) is 0.159. The zero-order chi connectivity index (χ0) is 19.3. The molecule has 2 rings (SSSR count). The molecule has 9 nitrogen and oxygen atoms in total. The predicted molar refractivity (Wildman–Crippen MR) is 93.3 cm³/mol. The van der Waals surface area contributed by atoms with Crippen LogP contribution >= 0.6 is 0 Å². The molecular weight excluding hydrogens is 342 g/mol. The van der Waals surface area contributed by atoms with E-state index in [0.717, 1.165) is 23.0 Å². The number of nitrogens with one attached hydrogen (secondary N) is 1. The number of unbranched alkanes of at least 4 members (excludes halogenated alkanes) is 2. The van der Waals surface area contributed by atoms with Gasteiger partial charge in [-0.15, -0.1) is 0 Å². The third kappa shape index (κ3) is 4.17.